The molecular formula is C11H11FN2O4S. The Balaban J connectivity index is 2.78. The summed E-state index contributed by atoms with van der Waals surface area (Å²) in [6, 6.07) is 2.70. The van der Waals surface area contributed by atoms with E-state index in [0.29, 0.717) is 0 Å². The van der Waals surface area contributed by atoms with Crippen molar-refractivity contribution < 1.29 is 22.1 Å². The molecule has 0 bridgehead atoms. The van der Waals surface area contributed by atoms with Crippen molar-refractivity contribution >= 4 is 15.7 Å². The molecular weight excluding hydrogens is 275 g/mol. The van der Waals surface area contributed by atoms with Crippen LogP contribution in [0.15, 0.2) is 27.7 Å². The van der Waals surface area contributed by atoms with Crippen molar-refractivity contribution in [1.82, 2.24) is 5.16 Å². The van der Waals surface area contributed by atoms with Crippen molar-refractivity contribution in [3.63, 3.8) is 0 Å². The quantitative estimate of drug-likeness (QED) is 0.918. The lowest BCUT2D eigenvalue weighted by atomic mass is 10.1. The monoisotopic (exact) mass is 286 g/mol. The summed E-state index contributed by atoms with van der Waals surface area (Å²) >= 11 is 0. The first-order valence-electron chi connectivity index (χ1n) is 5.13. The van der Waals surface area contributed by atoms with Gasteiger partial charge >= 0.3 is 0 Å². The van der Waals surface area contributed by atoms with E-state index in [1.165, 1.54) is 25.4 Å². The number of halogens is 1. The summed E-state index contributed by atoms with van der Waals surface area (Å²) in [4.78, 5) is -0.520. The molecule has 1 aromatic carbocycles. The number of nitrogens with two attached hydrogens (primary N) is 1. The molecule has 2 aromatic rings. The van der Waals surface area contributed by atoms with Crippen molar-refractivity contribution in [3.05, 3.63) is 24.1 Å². The summed E-state index contributed by atoms with van der Waals surface area (Å²) in [6.45, 7) is 0. The molecule has 1 aromatic heterocycles. The van der Waals surface area contributed by atoms with E-state index in [1.807, 2.05) is 0 Å². The Bertz CT molecular complexity index is 724. The molecule has 0 atom stereocenters. The summed E-state index contributed by atoms with van der Waals surface area (Å²) in [5.74, 6) is -1.11. The van der Waals surface area contributed by atoms with Crippen LogP contribution in [-0.2, 0) is 9.84 Å². The number of methoxy groups -OCH3 is 1. The molecule has 1 heterocycles. The SMILES string of the molecule is COc1ccc(-c2cnoc2N)c(F)c1S(C)(=O)=O. The maximum Gasteiger partial charge on any atom is 0.230 e. The Morgan fingerprint density at radius 3 is 2.53 bits per heavy atom. The molecule has 0 amide bonds. The molecule has 0 saturated heterocycles. The molecule has 0 fully saturated rings. The largest absolute Gasteiger partial charge is 0.495 e. The minimum atomic E-state index is -3.79. The van der Waals surface area contributed by atoms with Gasteiger partial charge in [0.25, 0.3) is 0 Å². The van der Waals surface area contributed by atoms with Crippen LogP contribution in [0.25, 0.3) is 11.1 Å². The van der Waals surface area contributed by atoms with Crippen molar-refractivity contribution in [2.45, 2.75) is 4.90 Å². The summed E-state index contributed by atoms with van der Waals surface area (Å²) in [6.07, 6.45) is 2.11. The fraction of sp³-hybridized carbons (Fsp3) is 0.182. The lowest BCUT2D eigenvalue weighted by Gasteiger charge is -2.10. The average Bonchev–Trinajstić information content (AvgIpc) is 2.73. The summed E-state index contributed by atoms with van der Waals surface area (Å²) in [5, 5.41) is 3.43. The van der Waals surface area contributed by atoms with Crippen LogP contribution in [0, 0.1) is 5.82 Å². The normalized spacial score (nSPS) is 11.5. The Labute approximate surface area is 108 Å². The zero-order valence-corrected chi connectivity index (χ0v) is 11.0. The number of aromatic nitrogens is 1. The smallest absolute Gasteiger partial charge is 0.230 e. The molecule has 19 heavy (non-hydrogen) atoms. The highest BCUT2D eigenvalue weighted by atomic mass is 32.2. The van der Waals surface area contributed by atoms with Gasteiger partial charge in [0.15, 0.2) is 15.7 Å². The minimum absolute atomic E-state index is 0.0139. The number of rotatable bonds is 3. The van der Waals surface area contributed by atoms with Crippen LogP contribution in [-0.4, -0.2) is 26.9 Å². The van der Waals surface area contributed by atoms with Crippen LogP contribution in [0.3, 0.4) is 0 Å². The van der Waals surface area contributed by atoms with E-state index in [4.69, 9.17) is 10.5 Å². The second kappa shape index (κ2) is 4.54. The molecule has 0 aliphatic carbocycles. The third-order valence-electron chi connectivity index (χ3n) is 2.54. The van der Waals surface area contributed by atoms with E-state index >= 15 is 0 Å². The number of ether oxygens (including phenoxy) is 1. The van der Waals surface area contributed by atoms with Crippen molar-refractivity contribution in [1.29, 1.82) is 0 Å². The van der Waals surface area contributed by atoms with Crippen LogP contribution in [0.2, 0.25) is 0 Å². The molecule has 8 heteroatoms. The van der Waals surface area contributed by atoms with Crippen LogP contribution in [0.5, 0.6) is 5.75 Å². The predicted molar refractivity (Wildman–Crippen MR) is 66.0 cm³/mol. The summed E-state index contributed by atoms with van der Waals surface area (Å²) < 4.78 is 47.2. The molecule has 0 spiro atoms. The van der Waals surface area contributed by atoms with Gasteiger partial charge in [0.2, 0.25) is 5.88 Å². The molecule has 0 aliphatic heterocycles. The third kappa shape index (κ3) is 2.26. The van der Waals surface area contributed by atoms with Crippen LogP contribution in [0.4, 0.5) is 10.3 Å². The van der Waals surface area contributed by atoms with Crippen LogP contribution >= 0.6 is 0 Å². The molecule has 0 radical (unpaired) electrons. The van der Waals surface area contributed by atoms with Gasteiger partial charge < -0.3 is 15.0 Å². The van der Waals surface area contributed by atoms with Gasteiger partial charge in [-0.2, -0.15) is 0 Å². The first kappa shape index (κ1) is 13.3. The van der Waals surface area contributed by atoms with Gasteiger partial charge in [-0.1, -0.05) is 5.16 Å². The molecule has 102 valence electrons. The number of anilines is 1. The highest BCUT2D eigenvalue weighted by Crippen LogP contribution is 2.35. The minimum Gasteiger partial charge on any atom is -0.495 e. The van der Waals surface area contributed by atoms with E-state index < -0.39 is 20.5 Å². The lowest BCUT2D eigenvalue weighted by Crippen LogP contribution is -2.05. The zero-order chi connectivity index (χ0) is 14.2. The van der Waals surface area contributed by atoms with Crippen molar-refractivity contribution in [2.75, 3.05) is 19.1 Å². The predicted octanol–water partition coefficient (Wildman–Crippen LogP) is 1.48. The maximum atomic E-state index is 14.4. The Morgan fingerprint density at radius 1 is 1.37 bits per heavy atom. The molecule has 0 aliphatic rings. The van der Waals surface area contributed by atoms with Crippen LogP contribution < -0.4 is 10.5 Å². The molecule has 2 rings (SSSR count). The highest BCUT2D eigenvalue weighted by molar-refractivity contribution is 7.90. The fourth-order valence-electron chi connectivity index (χ4n) is 1.70. The van der Waals surface area contributed by atoms with Gasteiger partial charge in [0.05, 0.1) is 18.9 Å². The molecule has 2 N–H and O–H groups in total. The van der Waals surface area contributed by atoms with Crippen molar-refractivity contribution in [3.8, 4) is 16.9 Å². The molecule has 6 nitrogen and oxygen atoms in total. The third-order valence-corrected chi connectivity index (χ3v) is 3.66. The maximum absolute atomic E-state index is 14.4. The van der Waals surface area contributed by atoms with Gasteiger partial charge in [-0.05, 0) is 12.1 Å². The summed E-state index contributed by atoms with van der Waals surface area (Å²) in [5.41, 5.74) is 5.67. The number of nitrogens with zero attached hydrogens (tertiary/aromatic N) is 1. The van der Waals surface area contributed by atoms with Gasteiger partial charge in [-0.15, -0.1) is 0 Å². The first-order valence-corrected chi connectivity index (χ1v) is 7.02. The van der Waals surface area contributed by atoms with E-state index in [-0.39, 0.29) is 22.8 Å². The highest BCUT2D eigenvalue weighted by Gasteiger charge is 2.25. The van der Waals surface area contributed by atoms with Gasteiger partial charge in [0, 0.05) is 11.8 Å². The van der Waals surface area contributed by atoms with Crippen molar-refractivity contribution in [2.24, 2.45) is 0 Å². The van der Waals surface area contributed by atoms with E-state index in [2.05, 4.69) is 9.68 Å². The van der Waals surface area contributed by atoms with E-state index in [0.717, 1.165) is 6.26 Å². The zero-order valence-electron chi connectivity index (χ0n) is 10.2. The number of sulfone groups is 1. The standard InChI is InChI=1S/C11H11FN2O4S/c1-17-8-4-3-6(7-5-14-18-11(7)13)9(12)10(8)19(2,15)16/h3-5H,13H2,1-2H3. The number of hydrogen-bond acceptors (Lipinski definition) is 6. The molecule has 0 saturated carbocycles. The second-order valence-corrected chi connectivity index (χ2v) is 5.79. The Hall–Kier alpha value is -2.09. The Morgan fingerprint density at radius 2 is 2.05 bits per heavy atom. The van der Waals surface area contributed by atoms with E-state index in [1.54, 1.807) is 0 Å². The number of nitrogen functional groups attached to an aromatic ring is 1. The van der Waals surface area contributed by atoms with Gasteiger partial charge in [0.1, 0.15) is 10.6 Å². The average molecular weight is 286 g/mol. The topological polar surface area (TPSA) is 95.4 Å². The van der Waals surface area contributed by atoms with Gasteiger partial charge in [-0.25, -0.2) is 12.8 Å². The Kier molecular flexibility index (Phi) is 3.19. The fourth-order valence-corrected chi connectivity index (χ4v) is 2.66. The van der Waals surface area contributed by atoms with Crippen LogP contribution in [0.1, 0.15) is 0 Å². The lowest BCUT2D eigenvalue weighted by molar-refractivity contribution is 0.395. The summed E-state index contributed by atoms with van der Waals surface area (Å²) in [7, 11) is -2.53. The van der Waals surface area contributed by atoms with Gasteiger partial charge in [-0.3, -0.25) is 0 Å². The number of hydrogen-bond donors (Lipinski definition) is 1. The molecule has 0 unspecified atom stereocenters. The number of benzene rings is 1. The van der Waals surface area contributed by atoms with E-state index in [9.17, 15) is 12.8 Å². The second-order valence-electron chi connectivity index (χ2n) is 3.83. The first-order chi connectivity index (χ1) is 8.86.